The number of hydrogen-bond acceptors (Lipinski definition) is 3. The van der Waals surface area contributed by atoms with Crippen molar-refractivity contribution < 1.29 is 14.7 Å². The first kappa shape index (κ1) is 16.2. The van der Waals surface area contributed by atoms with Gasteiger partial charge >= 0.3 is 5.97 Å². The van der Waals surface area contributed by atoms with Gasteiger partial charge in [-0.1, -0.05) is 6.92 Å². The van der Waals surface area contributed by atoms with E-state index in [0.29, 0.717) is 19.3 Å². The predicted octanol–water partition coefficient (Wildman–Crippen LogP) is 1.34. The van der Waals surface area contributed by atoms with Crippen molar-refractivity contribution in [3.63, 3.8) is 0 Å². The molecule has 6 heteroatoms. The number of amides is 1. The SMILES string of the molecule is CCC(CC(=O)O)NC(=O)CCc1c(C)nn(C)c1C. The first-order valence-electron chi connectivity index (χ1n) is 6.85. The van der Waals surface area contributed by atoms with Crippen LogP contribution >= 0.6 is 0 Å². The van der Waals surface area contributed by atoms with Crippen LogP contribution in [0.4, 0.5) is 0 Å². The Hall–Kier alpha value is -1.85. The van der Waals surface area contributed by atoms with Crippen molar-refractivity contribution in [1.82, 2.24) is 15.1 Å². The Kier molecular flexibility index (Phi) is 5.73. The standard InChI is InChI=1S/C14H23N3O3/c1-5-11(8-14(19)20)15-13(18)7-6-12-9(2)16-17(4)10(12)3/h11H,5-8H2,1-4H3,(H,15,18)(H,19,20). The van der Waals surface area contributed by atoms with E-state index in [1.807, 2.05) is 32.5 Å². The second-order valence-corrected chi connectivity index (χ2v) is 5.04. The van der Waals surface area contributed by atoms with E-state index in [1.165, 1.54) is 0 Å². The number of aryl methyl sites for hydroxylation is 2. The van der Waals surface area contributed by atoms with Crippen molar-refractivity contribution >= 4 is 11.9 Å². The molecule has 1 heterocycles. The normalized spacial score (nSPS) is 12.2. The molecule has 1 unspecified atom stereocenters. The Morgan fingerprint density at radius 2 is 2.05 bits per heavy atom. The van der Waals surface area contributed by atoms with Crippen molar-refractivity contribution in [2.45, 2.75) is 52.5 Å². The minimum absolute atomic E-state index is 0.0345. The largest absolute Gasteiger partial charge is 0.481 e. The highest BCUT2D eigenvalue weighted by atomic mass is 16.4. The molecule has 1 atom stereocenters. The van der Waals surface area contributed by atoms with E-state index in [9.17, 15) is 9.59 Å². The fraction of sp³-hybridized carbons (Fsp3) is 0.643. The van der Waals surface area contributed by atoms with Gasteiger partial charge in [-0.25, -0.2) is 0 Å². The van der Waals surface area contributed by atoms with E-state index in [-0.39, 0.29) is 18.4 Å². The lowest BCUT2D eigenvalue weighted by atomic mass is 10.1. The van der Waals surface area contributed by atoms with E-state index in [0.717, 1.165) is 17.0 Å². The number of aliphatic carboxylic acids is 1. The molecule has 0 radical (unpaired) electrons. The van der Waals surface area contributed by atoms with E-state index in [1.54, 1.807) is 0 Å². The number of aromatic nitrogens is 2. The van der Waals surface area contributed by atoms with Crippen LogP contribution in [0.25, 0.3) is 0 Å². The van der Waals surface area contributed by atoms with Crippen LogP contribution in [0.3, 0.4) is 0 Å². The monoisotopic (exact) mass is 281 g/mol. The summed E-state index contributed by atoms with van der Waals surface area (Å²) in [6.07, 6.45) is 1.56. The molecular formula is C14H23N3O3. The second kappa shape index (κ2) is 7.07. The van der Waals surface area contributed by atoms with Gasteiger partial charge in [-0.3, -0.25) is 14.3 Å². The number of nitrogens with zero attached hydrogens (tertiary/aromatic N) is 2. The lowest BCUT2D eigenvalue weighted by Gasteiger charge is -2.14. The number of carboxylic acid groups (broad SMARTS) is 1. The van der Waals surface area contributed by atoms with E-state index in [2.05, 4.69) is 10.4 Å². The lowest BCUT2D eigenvalue weighted by Crippen LogP contribution is -2.36. The van der Waals surface area contributed by atoms with Gasteiger partial charge in [0.15, 0.2) is 0 Å². The van der Waals surface area contributed by atoms with Gasteiger partial charge < -0.3 is 10.4 Å². The molecule has 20 heavy (non-hydrogen) atoms. The summed E-state index contributed by atoms with van der Waals surface area (Å²) in [6.45, 7) is 5.77. The van der Waals surface area contributed by atoms with Gasteiger partial charge in [0.1, 0.15) is 0 Å². The van der Waals surface area contributed by atoms with Crippen LogP contribution in [0, 0.1) is 13.8 Å². The fourth-order valence-electron chi connectivity index (χ4n) is 2.23. The summed E-state index contributed by atoms with van der Waals surface area (Å²) < 4.78 is 1.81. The topological polar surface area (TPSA) is 84.2 Å². The summed E-state index contributed by atoms with van der Waals surface area (Å²) in [5, 5.41) is 15.8. The molecule has 0 aliphatic rings. The average Bonchev–Trinajstić information content (AvgIpc) is 2.60. The fourth-order valence-corrected chi connectivity index (χ4v) is 2.23. The molecule has 0 aromatic carbocycles. The predicted molar refractivity (Wildman–Crippen MR) is 75.5 cm³/mol. The molecule has 6 nitrogen and oxygen atoms in total. The third kappa shape index (κ3) is 4.36. The van der Waals surface area contributed by atoms with Gasteiger partial charge in [0, 0.05) is 25.2 Å². The zero-order valence-electron chi connectivity index (χ0n) is 12.6. The Morgan fingerprint density at radius 1 is 1.40 bits per heavy atom. The van der Waals surface area contributed by atoms with Crippen molar-refractivity contribution in [1.29, 1.82) is 0 Å². The van der Waals surface area contributed by atoms with Gasteiger partial charge in [0.05, 0.1) is 12.1 Å². The minimum atomic E-state index is -0.893. The summed E-state index contributed by atoms with van der Waals surface area (Å²) in [4.78, 5) is 22.5. The zero-order valence-corrected chi connectivity index (χ0v) is 12.6. The molecule has 1 aromatic heterocycles. The highest BCUT2D eigenvalue weighted by molar-refractivity contribution is 5.77. The summed E-state index contributed by atoms with van der Waals surface area (Å²) in [5.41, 5.74) is 3.09. The minimum Gasteiger partial charge on any atom is -0.481 e. The summed E-state index contributed by atoms with van der Waals surface area (Å²) >= 11 is 0. The quantitative estimate of drug-likeness (QED) is 0.790. The van der Waals surface area contributed by atoms with E-state index < -0.39 is 5.97 Å². The van der Waals surface area contributed by atoms with Gasteiger partial charge in [-0.2, -0.15) is 5.10 Å². The molecule has 112 valence electrons. The van der Waals surface area contributed by atoms with Crippen LogP contribution in [0.1, 0.15) is 43.1 Å². The molecular weight excluding hydrogens is 258 g/mol. The zero-order chi connectivity index (χ0) is 15.3. The van der Waals surface area contributed by atoms with E-state index in [4.69, 9.17) is 5.11 Å². The Morgan fingerprint density at radius 3 is 2.50 bits per heavy atom. The molecule has 0 bridgehead atoms. The third-order valence-electron chi connectivity index (χ3n) is 3.54. The number of carbonyl (C=O) groups excluding carboxylic acids is 1. The van der Waals surface area contributed by atoms with Gasteiger partial charge in [-0.15, -0.1) is 0 Å². The van der Waals surface area contributed by atoms with Crippen LogP contribution in [0.5, 0.6) is 0 Å². The highest BCUT2D eigenvalue weighted by Gasteiger charge is 2.15. The average molecular weight is 281 g/mol. The molecule has 1 amide bonds. The van der Waals surface area contributed by atoms with Crippen molar-refractivity contribution in [3.05, 3.63) is 17.0 Å². The molecule has 0 spiro atoms. The number of hydrogen-bond donors (Lipinski definition) is 2. The summed E-state index contributed by atoms with van der Waals surface area (Å²) in [5.74, 6) is -1.00. The van der Waals surface area contributed by atoms with Crippen LogP contribution in [0.15, 0.2) is 0 Å². The Labute approximate surface area is 119 Å². The van der Waals surface area contributed by atoms with Crippen LogP contribution in [-0.4, -0.2) is 32.8 Å². The molecule has 0 saturated heterocycles. The molecule has 1 aromatic rings. The maximum absolute atomic E-state index is 11.9. The maximum Gasteiger partial charge on any atom is 0.305 e. The molecule has 1 rings (SSSR count). The highest BCUT2D eigenvalue weighted by Crippen LogP contribution is 2.14. The smallest absolute Gasteiger partial charge is 0.305 e. The Bertz CT molecular complexity index is 494. The molecule has 0 aliphatic heterocycles. The van der Waals surface area contributed by atoms with Crippen LogP contribution < -0.4 is 5.32 Å². The van der Waals surface area contributed by atoms with Gasteiger partial charge in [0.25, 0.3) is 0 Å². The number of nitrogens with one attached hydrogen (secondary N) is 1. The first-order chi connectivity index (χ1) is 9.35. The lowest BCUT2D eigenvalue weighted by molar-refractivity contribution is -0.137. The van der Waals surface area contributed by atoms with Crippen LogP contribution in [-0.2, 0) is 23.1 Å². The number of carboxylic acids is 1. The second-order valence-electron chi connectivity index (χ2n) is 5.04. The molecule has 0 fully saturated rings. The number of rotatable bonds is 7. The maximum atomic E-state index is 11.9. The van der Waals surface area contributed by atoms with Gasteiger partial charge in [0.2, 0.25) is 5.91 Å². The van der Waals surface area contributed by atoms with Crippen molar-refractivity contribution in [2.24, 2.45) is 7.05 Å². The first-order valence-corrected chi connectivity index (χ1v) is 6.85. The van der Waals surface area contributed by atoms with Crippen LogP contribution in [0.2, 0.25) is 0 Å². The van der Waals surface area contributed by atoms with Crippen molar-refractivity contribution in [3.8, 4) is 0 Å². The molecule has 0 aliphatic carbocycles. The Balaban J connectivity index is 2.52. The van der Waals surface area contributed by atoms with Crippen molar-refractivity contribution in [2.75, 3.05) is 0 Å². The summed E-state index contributed by atoms with van der Waals surface area (Å²) in [7, 11) is 1.88. The molecule has 2 N–H and O–H groups in total. The third-order valence-corrected chi connectivity index (χ3v) is 3.54. The number of carbonyl (C=O) groups is 2. The van der Waals surface area contributed by atoms with Gasteiger partial charge in [-0.05, 0) is 32.3 Å². The molecule has 0 saturated carbocycles. The summed E-state index contributed by atoms with van der Waals surface area (Å²) in [6, 6.07) is -0.295. The van der Waals surface area contributed by atoms with E-state index >= 15 is 0 Å².